The summed E-state index contributed by atoms with van der Waals surface area (Å²) < 4.78 is 4.88. The number of primary amides is 1. The van der Waals surface area contributed by atoms with E-state index >= 15 is 0 Å². The number of nitrogens with zero attached hydrogens (tertiary/aromatic N) is 2. The van der Waals surface area contributed by atoms with Gasteiger partial charge in [0.05, 0.1) is 12.1 Å². The number of methoxy groups -OCH3 is 1. The molecule has 2 amide bonds. The summed E-state index contributed by atoms with van der Waals surface area (Å²) in [7, 11) is 1.51. The van der Waals surface area contributed by atoms with Gasteiger partial charge in [-0.3, -0.25) is 14.5 Å². The van der Waals surface area contributed by atoms with Gasteiger partial charge in [-0.1, -0.05) is 0 Å². The van der Waals surface area contributed by atoms with Crippen molar-refractivity contribution in [3.05, 3.63) is 0 Å². The zero-order valence-electron chi connectivity index (χ0n) is 11.9. The fourth-order valence-corrected chi connectivity index (χ4v) is 2.13. The number of rotatable bonds is 5. The van der Waals surface area contributed by atoms with E-state index < -0.39 is 11.6 Å². The van der Waals surface area contributed by atoms with Crippen molar-refractivity contribution in [2.45, 2.75) is 25.4 Å². The van der Waals surface area contributed by atoms with Gasteiger partial charge >= 0.3 is 0 Å². The third-order valence-electron chi connectivity index (χ3n) is 3.65. The summed E-state index contributed by atoms with van der Waals surface area (Å²) >= 11 is 0. The minimum Gasteiger partial charge on any atom is -0.383 e. The normalized spacial score (nSPS) is 19.3. The molecule has 1 fully saturated rings. The van der Waals surface area contributed by atoms with Crippen LogP contribution < -0.4 is 11.5 Å². The number of carbonyl (C=O) groups excluding carboxylic acids is 2. The molecule has 0 spiro atoms. The molecule has 1 unspecified atom stereocenters. The first-order valence-electron chi connectivity index (χ1n) is 6.39. The van der Waals surface area contributed by atoms with Crippen molar-refractivity contribution in [1.29, 1.82) is 0 Å². The largest absolute Gasteiger partial charge is 0.383 e. The Bertz CT molecular complexity index is 338. The molecule has 1 atom stereocenters. The molecule has 19 heavy (non-hydrogen) atoms. The number of carbonyl (C=O) groups is 2. The molecular weight excluding hydrogens is 248 g/mol. The Morgan fingerprint density at radius 3 is 2.21 bits per heavy atom. The minimum atomic E-state index is -0.691. The van der Waals surface area contributed by atoms with Crippen LogP contribution in [0.3, 0.4) is 0 Å². The predicted octanol–water partition coefficient (Wildman–Crippen LogP) is -1.63. The Kier molecular flexibility index (Phi) is 5.28. The van der Waals surface area contributed by atoms with Gasteiger partial charge in [0.25, 0.3) is 0 Å². The maximum Gasteiger partial charge on any atom is 0.241 e. The van der Waals surface area contributed by atoms with Crippen molar-refractivity contribution in [2.24, 2.45) is 11.5 Å². The van der Waals surface area contributed by atoms with Gasteiger partial charge in [-0.15, -0.1) is 0 Å². The van der Waals surface area contributed by atoms with Crippen LogP contribution in [0.2, 0.25) is 0 Å². The maximum absolute atomic E-state index is 12.0. The molecule has 7 nitrogen and oxygen atoms in total. The van der Waals surface area contributed by atoms with Gasteiger partial charge in [0.2, 0.25) is 11.8 Å². The van der Waals surface area contributed by atoms with Gasteiger partial charge in [-0.05, 0) is 13.8 Å². The summed E-state index contributed by atoms with van der Waals surface area (Å²) in [6.07, 6.45) is 0. The van der Waals surface area contributed by atoms with E-state index in [1.165, 1.54) is 7.11 Å². The Morgan fingerprint density at radius 2 is 1.79 bits per heavy atom. The maximum atomic E-state index is 12.0. The van der Waals surface area contributed by atoms with Crippen molar-refractivity contribution in [1.82, 2.24) is 9.80 Å². The van der Waals surface area contributed by atoms with Crippen LogP contribution in [0.5, 0.6) is 0 Å². The van der Waals surface area contributed by atoms with Crippen molar-refractivity contribution in [3.8, 4) is 0 Å². The number of amides is 2. The third kappa shape index (κ3) is 3.65. The van der Waals surface area contributed by atoms with Crippen LogP contribution >= 0.6 is 0 Å². The highest BCUT2D eigenvalue weighted by Crippen LogP contribution is 2.16. The minimum absolute atomic E-state index is 0.113. The van der Waals surface area contributed by atoms with Crippen LogP contribution in [0.1, 0.15) is 13.8 Å². The summed E-state index contributed by atoms with van der Waals surface area (Å²) in [4.78, 5) is 27.1. The van der Waals surface area contributed by atoms with E-state index in [-0.39, 0.29) is 18.4 Å². The van der Waals surface area contributed by atoms with E-state index in [2.05, 4.69) is 0 Å². The molecule has 0 aliphatic carbocycles. The van der Waals surface area contributed by atoms with Gasteiger partial charge in [0.1, 0.15) is 6.04 Å². The quantitative estimate of drug-likeness (QED) is 0.625. The first-order chi connectivity index (χ1) is 8.80. The molecule has 0 saturated carbocycles. The summed E-state index contributed by atoms with van der Waals surface area (Å²) in [5.74, 6) is -0.471. The fourth-order valence-electron chi connectivity index (χ4n) is 2.13. The average Bonchev–Trinajstić information content (AvgIpc) is 2.38. The summed E-state index contributed by atoms with van der Waals surface area (Å²) in [5, 5.41) is 0. The standard InChI is InChI=1S/C12H24N4O3/c1-12(2,11(14)18)16-6-4-15(5-7-16)10(17)9(13)8-19-3/h9H,4-8,13H2,1-3H3,(H2,14,18). The number of hydrogen-bond donors (Lipinski definition) is 2. The molecule has 7 heteroatoms. The van der Waals surface area contributed by atoms with E-state index in [4.69, 9.17) is 16.2 Å². The smallest absolute Gasteiger partial charge is 0.241 e. The molecule has 1 rings (SSSR count). The Hall–Kier alpha value is -1.18. The molecule has 110 valence electrons. The van der Waals surface area contributed by atoms with E-state index in [9.17, 15) is 9.59 Å². The molecular formula is C12H24N4O3. The lowest BCUT2D eigenvalue weighted by Crippen LogP contribution is -2.61. The van der Waals surface area contributed by atoms with Gasteiger partial charge in [-0.2, -0.15) is 0 Å². The highest BCUT2D eigenvalue weighted by molar-refractivity contribution is 5.84. The van der Waals surface area contributed by atoms with Crippen LogP contribution in [-0.4, -0.2) is 73.1 Å². The molecule has 1 heterocycles. The van der Waals surface area contributed by atoms with Crippen molar-refractivity contribution in [2.75, 3.05) is 39.9 Å². The Labute approximate surface area is 113 Å². The topological polar surface area (TPSA) is 102 Å². The van der Waals surface area contributed by atoms with E-state index in [1.807, 2.05) is 4.90 Å². The Balaban J connectivity index is 2.54. The van der Waals surface area contributed by atoms with Crippen LogP contribution in [0.4, 0.5) is 0 Å². The monoisotopic (exact) mass is 272 g/mol. The SMILES string of the molecule is COCC(N)C(=O)N1CCN(C(C)(C)C(N)=O)CC1. The first-order valence-corrected chi connectivity index (χ1v) is 6.39. The molecule has 0 aromatic rings. The highest BCUT2D eigenvalue weighted by Gasteiger charge is 2.36. The molecule has 1 aliphatic rings. The summed E-state index contributed by atoms with van der Waals surface area (Å²) in [6, 6.07) is -0.624. The number of hydrogen-bond acceptors (Lipinski definition) is 5. The van der Waals surface area contributed by atoms with Crippen LogP contribution in [0, 0.1) is 0 Å². The lowest BCUT2D eigenvalue weighted by atomic mass is 10.0. The zero-order chi connectivity index (χ0) is 14.6. The van der Waals surface area contributed by atoms with E-state index in [0.29, 0.717) is 26.2 Å². The third-order valence-corrected chi connectivity index (χ3v) is 3.65. The van der Waals surface area contributed by atoms with Gasteiger partial charge < -0.3 is 21.1 Å². The molecule has 1 aliphatic heterocycles. The van der Waals surface area contributed by atoms with Crippen molar-refractivity contribution < 1.29 is 14.3 Å². The highest BCUT2D eigenvalue weighted by atomic mass is 16.5. The first kappa shape index (κ1) is 15.9. The second-order valence-electron chi connectivity index (χ2n) is 5.30. The number of ether oxygens (including phenoxy) is 1. The van der Waals surface area contributed by atoms with Crippen molar-refractivity contribution >= 4 is 11.8 Å². The van der Waals surface area contributed by atoms with Crippen LogP contribution in [0.15, 0.2) is 0 Å². The lowest BCUT2D eigenvalue weighted by molar-refractivity contribution is -0.138. The molecule has 0 bridgehead atoms. The van der Waals surface area contributed by atoms with Crippen molar-refractivity contribution in [3.63, 3.8) is 0 Å². The van der Waals surface area contributed by atoms with Gasteiger partial charge in [0, 0.05) is 33.3 Å². The van der Waals surface area contributed by atoms with Gasteiger partial charge in [0.15, 0.2) is 0 Å². The second-order valence-corrected chi connectivity index (χ2v) is 5.30. The van der Waals surface area contributed by atoms with E-state index in [1.54, 1.807) is 18.7 Å². The van der Waals surface area contributed by atoms with Crippen LogP contribution in [-0.2, 0) is 14.3 Å². The summed E-state index contributed by atoms with van der Waals surface area (Å²) in [5.41, 5.74) is 10.4. The fraction of sp³-hybridized carbons (Fsp3) is 0.833. The molecule has 0 radical (unpaired) electrons. The number of piperazine rings is 1. The molecule has 0 aromatic heterocycles. The van der Waals surface area contributed by atoms with Gasteiger partial charge in [-0.25, -0.2) is 0 Å². The Morgan fingerprint density at radius 1 is 1.26 bits per heavy atom. The molecule has 0 aromatic carbocycles. The molecule has 1 saturated heterocycles. The van der Waals surface area contributed by atoms with Crippen LogP contribution in [0.25, 0.3) is 0 Å². The summed E-state index contributed by atoms with van der Waals surface area (Å²) in [6.45, 7) is 6.13. The number of nitrogens with two attached hydrogens (primary N) is 2. The second kappa shape index (κ2) is 6.31. The zero-order valence-corrected chi connectivity index (χ0v) is 11.9. The van der Waals surface area contributed by atoms with E-state index in [0.717, 1.165) is 0 Å². The lowest BCUT2D eigenvalue weighted by Gasteiger charge is -2.42. The average molecular weight is 272 g/mol. The molecule has 4 N–H and O–H groups in total. The predicted molar refractivity (Wildman–Crippen MR) is 71.3 cm³/mol.